The van der Waals surface area contributed by atoms with Crippen molar-refractivity contribution in [3.63, 3.8) is 0 Å². The normalized spacial score (nSPS) is 30.7. The minimum atomic E-state index is -0.720. The van der Waals surface area contributed by atoms with Crippen molar-refractivity contribution >= 4 is 35.3 Å². The third kappa shape index (κ3) is 4.30. The van der Waals surface area contributed by atoms with Gasteiger partial charge in [-0.25, -0.2) is 9.69 Å². The number of hydrogen-bond acceptors (Lipinski definition) is 5. The highest BCUT2D eigenvalue weighted by Crippen LogP contribution is 2.60. The van der Waals surface area contributed by atoms with E-state index >= 15 is 0 Å². The third-order valence-corrected chi connectivity index (χ3v) is 10.1. The number of nitrogens with zero attached hydrogens (tertiary/aromatic N) is 2. The van der Waals surface area contributed by atoms with Gasteiger partial charge in [-0.15, -0.1) is 0 Å². The molecule has 4 saturated carbocycles. The molecule has 208 valence electrons. The maximum atomic E-state index is 13.6. The number of carbonyl (C=O) groups excluding carboxylic acids is 3. The van der Waals surface area contributed by atoms with E-state index in [1.165, 1.54) is 56.6 Å². The summed E-state index contributed by atoms with van der Waals surface area (Å²) in [6.07, 6.45) is 13.0. The molecule has 7 nitrogen and oxygen atoms in total. The van der Waals surface area contributed by atoms with Crippen molar-refractivity contribution in [3.8, 4) is 5.75 Å². The molecule has 1 N–H and O–H groups in total. The summed E-state index contributed by atoms with van der Waals surface area (Å²) in [5.74, 6) is 1.77. The summed E-state index contributed by atoms with van der Waals surface area (Å²) in [7, 11) is 1.58. The van der Waals surface area contributed by atoms with Crippen molar-refractivity contribution in [2.45, 2.75) is 63.2 Å². The molecule has 4 amide bonds. The highest BCUT2D eigenvalue weighted by molar-refractivity contribution is 6.39. The number of barbiturate groups is 1. The van der Waals surface area contributed by atoms with Crippen LogP contribution in [0, 0.1) is 17.8 Å². The topological polar surface area (TPSA) is 79.0 Å². The van der Waals surface area contributed by atoms with E-state index in [1.54, 1.807) is 7.11 Å². The van der Waals surface area contributed by atoms with Crippen LogP contribution in [0.4, 0.5) is 16.2 Å². The molecule has 2 aromatic rings. The Labute approximate surface area is 235 Å². The molecular weight excluding hydrogens is 502 g/mol. The molecule has 0 spiro atoms. The van der Waals surface area contributed by atoms with E-state index in [9.17, 15) is 14.4 Å². The number of ether oxygens (including phenoxy) is 1. The summed E-state index contributed by atoms with van der Waals surface area (Å²) in [4.78, 5) is 42.7. The number of nitrogens with one attached hydrogen (secondary N) is 1. The van der Waals surface area contributed by atoms with Gasteiger partial charge in [-0.2, -0.15) is 0 Å². The predicted molar refractivity (Wildman–Crippen MR) is 154 cm³/mol. The van der Waals surface area contributed by atoms with Gasteiger partial charge in [-0.1, -0.05) is 12.1 Å². The minimum absolute atomic E-state index is 0.0891. The average Bonchev–Trinajstić information content (AvgIpc) is 2.95. The van der Waals surface area contributed by atoms with E-state index in [0.29, 0.717) is 17.0 Å². The third-order valence-electron chi connectivity index (χ3n) is 10.1. The van der Waals surface area contributed by atoms with Crippen molar-refractivity contribution in [3.05, 3.63) is 59.2 Å². The largest absolute Gasteiger partial charge is 0.496 e. The predicted octanol–water partition coefficient (Wildman–Crippen LogP) is 5.82. The molecule has 0 aromatic heterocycles. The number of amides is 4. The van der Waals surface area contributed by atoms with Crippen molar-refractivity contribution in [2.75, 3.05) is 30.0 Å². The fourth-order valence-electron chi connectivity index (χ4n) is 8.64. The number of methoxy groups -OCH3 is 1. The van der Waals surface area contributed by atoms with Crippen LogP contribution in [-0.2, 0) is 15.0 Å². The first-order valence-corrected chi connectivity index (χ1v) is 14.9. The second-order valence-corrected chi connectivity index (χ2v) is 12.7. The highest BCUT2D eigenvalue weighted by atomic mass is 16.5. The van der Waals surface area contributed by atoms with Crippen LogP contribution in [-0.4, -0.2) is 38.0 Å². The van der Waals surface area contributed by atoms with E-state index in [4.69, 9.17) is 4.74 Å². The number of benzene rings is 2. The lowest BCUT2D eigenvalue weighted by Gasteiger charge is -2.57. The van der Waals surface area contributed by atoms with Gasteiger partial charge < -0.3 is 9.64 Å². The van der Waals surface area contributed by atoms with E-state index < -0.39 is 17.8 Å². The number of piperidine rings is 1. The lowest BCUT2D eigenvalue weighted by molar-refractivity contribution is -0.122. The summed E-state index contributed by atoms with van der Waals surface area (Å²) >= 11 is 0. The molecular formula is C33H37N3O4. The van der Waals surface area contributed by atoms with Gasteiger partial charge in [0, 0.05) is 30.4 Å². The zero-order valence-corrected chi connectivity index (χ0v) is 23.2. The fraction of sp³-hybridized carbons (Fsp3) is 0.485. The van der Waals surface area contributed by atoms with Gasteiger partial charge in [0.25, 0.3) is 11.8 Å². The minimum Gasteiger partial charge on any atom is -0.496 e. The first-order valence-electron chi connectivity index (χ1n) is 14.9. The molecule has 0 atom stereocenters. The molecule has 0 unspecified atom stereocenters. The smallest absolute Gasteiger partial charge is 0.335 e. The van der Waals surface area contributed by atoms with Crippen LogP contribution in [0.15, 0.2) is 48.0 Å². The van der Waals surface area contributed by atoms with Gasteiger partial charge >= 0.3 is 6.03 Å². The molecule has 2 aromatic carbocycles. The maximum Gasteiger partial charge on any atom is 0.335 e. The zero-order valence-electron chi connectivity index (χ0n) is 23.2. The van der Waals surface area contributed by atoms with Crippen molar-refractivity contribution < 1.29 is 19.1 Å². The summed E-state index contributed by atoms with van der Waals surface area (Å²) in [6, 6.07) is 13.0. The molecule has 2 saturated heterocycles. The first kappa shape index (κ1) is 25.4. The van der Waals surface area contributed by atoms with Crippen LogP contribution >= 0.6 is 0 Å². The Bertz CT molecular complexity index is 1350. The number of imide groups is 2. The van der Waals surface area contributed by atoms with Crippen LogP contribution in [0.1, 0.15) is 68.9 Å². The molecule has 4 aliphatic carbocycles. The number of urea groups is 1. The number of rotatable bonds is 5. The van der Waals surface area contributed by atoms with Gasteiger partial charge in [0.05, 0.1) is 12.8 Å². The summed E-state index contributed by atoms with van der Waals surface area (Å²) in [5.41, 5.74) is 3.63. The summed E-state index contributed by atoms with van der Waals surface area (Å²) in [6.45, 7) is 2.01. The summed E-state index contributed by atoms with van der Waals surface area (Å²) < 4.78 is 5.64. The van der Waals surface area contributed by atoms with E-state index in [1.807, 2.05) is 30.3 Å². The Kier molecular flexibility index (Phi) is 6.21. The van der Waals surface area contributed by atoms with E-state index in [2.05, 4.69) is 22.3 Å². The van der Waals surface area contributed by atoms with Gasteiger partial charge in [-0.3, -0.25) is 14.9 Å². The van der Waals surface area contributed by atoms with Gasteiger partial charge in [0.1, 0.15) is 11.3 Å². The van der Waals surface area contributed by atoms with Crippen LogP contribution in [0.2, 0.25) is 0 Å². The molecule has 40 heavy (non-hydrogen) atoms. The maximum absolute atomic E-state index is 13.6. The SMILES string of the molecule is COc1cc(N2CCCCC2)ccc1/C=C1\C(=O)NC(=O)N(c2ccc(C34CC5CC(CC(C5)C3)C4)cc2)C1=O. The Balaban J connectivity index is 1.15. The molecule has 6 fully saturated rings. The van der Waals surface area contributed by atoms with Gasteiger partial charge in [0.2, 0.25) is 0 Å². The lowest BCUT2D eigenvalue weighted by Crippen LogP contribution is -2.54. The zero-order chi connectivity index (χ0) is 27.4. The first-order chi connectivity index (χ1) is 19.4. The Morgan fingerprint density at radius 1 is 0.850 bits per heavy atom. The summed E-state index contributed by atoms with van der Waals surface area (Å²) in [5, 5.41) is 2.36. The van der Waals surface area contributed by atoms with E-state index in [-0.39, 0.29) is 11.0 Å². The van der Waals surface area contributed by atoms with Crippen LogP contribution in [0.5, 0.6) is 5.75 Å². The molecule has 4 bridgehead atoms. The average molecular weight is 540 g/mol. The standard InChI is InChI=1S/C33H37N3O4/c1-40-29-17-27(35-11-3-2-4-12-35)8-5-24(29)16-28-30(37)34-32(39)36(31(28)38)26-9-6-25(7-10-26)33-18-21-13-22(19-33)15-23(14-21)20-33/h5-10,16-17,21-23H,2-4,11-15,18-20H2,1H3,(H,34,37,39)/b28-16+. The second-order valence-electron chi connectivity index (χ2n) is 12.7. The van der Waals surface area contributed by atoms with Gasteiger partial charge in [-0.05, 0) is 117 Å². The molecule has 7 heteroatoms. The Hall–Kier alpha value is -3.61. The number of carbonyl (C=O) groups is 3. The lowest BCUT2D eigenvalue weighted by atomic mass is 9.48. The molecule has 0 radical (unpaired) electrons. The molecule has 8 rings (SSSR count). The Morgan fingerprint density at radius 3 is 2.10 bits per heavy atom. The Morgan fingerprint density at radius 2 is 1.48 bits per heavy atom. The molecule has 6 aliphatic rings. The molecule has 2 heterocycles. The number of anilines is 2. The van der Waals surface area contributed by atoms with Crippen molar-refractivity contribution in [2.24, 2.45) is 17.8 Å². The van der Waals surface area contributed by atoms with Crippen LogP contribution in [0.25, 0.3) is 6.08 Å². The van der Waals surface area contributed by atoms with Crippen LogP contribution < -0.4 is 19.9 Å². The fourth-order valence-corrected chi connectivity index (χ4v) is 8.64. The second kappa shape index (κ2) is 9.79. The molecule has 2 aliphatic heterocycles. The highest BCUT2D eigenvalue weighted by Gasteiger charge is 2.51. The monoisotopic (exact) mass is 539 g/mol. The number of hydrogen-bond donors (Lipinski definition) is 1. The van der Waals surface area contributed by atoms with E-state index in [0.717, 1.165) is 54.3 Å². The van der Waals surface area contributed by atoms with Crippen molar-refractivity contribution in [1.82, 2.24) is 5.32 Å². The van der Waals surface area contributed by atoms with Crippen molar-refractivity contribution in [1.29, 1.82) is 0 Å². The van der Waals surface area contributed by atoms with Gasteiger partial charge in [0.15, 0.2) is 0 Å². The van der Waals surface area contributed by atoms with Crippen LogP contribution in [0.3, 0.4) is 0 Å². The quantitative estimate of drug-likeness (QED) is 0.383.